The molecule has 0 amide bonds. The van der Waals surface area contributed by atoms with Gasteiger partial charge in [-0.2, -0.15) is 0 Å². The third-order valence-electron chi connectivity index (χ3n) is 13.4. The lowest BCUT2D eigenvalue weighted by atomic mass is 9.46. The number of fused-ring (bicyclic) bond motifs is 5. The molecule has 0 spiro atoms. The highest BCUT2D eigenvalue weighted by molar-refractivity contribution is 6.74. The quantitative estimate of drug-likeness (QED) is 0.207. The van der Waals surface area contributed by atoms with Gasteiger partial charge in [0.05, 0.1) is 24.4 Å². The summed E-state index contributed by atoms with van der Waals surface area (Å²) in [6.07, 6.45) is 10.5. The van der Waals surface area contributed by atoms with Crippen molar-refractivity contribution < 1.29 is 24.2 Å². The summed E-state index contributed by atoms with van der Waals surface area (Å²) in [6.45, 7) is 20.8. The summed E-state index contributed by atoms with van der Waals surface area (Å²) < 4.78 is 13.2. The van der Waals surface area contributed by atoms with Gasteiger partial charge in [0.25, 0.3) is 0 Å². The first-order chi connectivity index (χ1) is 18.5. The first-order valence-electron chi connectivity index (χ1n) is 16.1. The van der Waals surface area contributed by atoms with Crippen LogP contribution in [0.1, 0.15) is 99.8 Å². The van der Waals surface area contributed by atoms with Crippen LogP contribution in [-0.4, -0.2) is 49.4 Å². The second kappa shape index (κ2) is 10.3. The molecule has 1 aliphatic heterocycles. The third kappa shape index (κ3) is 4.71. The molecular formula is C34H56O5Si. The predicted octanol–water partition coefficient (Wildman–Crippen LogP) is 7.19. The molecule has 0 aromatic rings. The minimum atomic E-state index is -2.01. The SMILES string of the molecule is CC1=C(CO)C(=O)O[C@@H]([C@@H](C)[C@H]2CC[C@H]3[C@@H]4CC=C5C[C@@H](O)C[C@H](O[Si](C)(C)C(C)(C)C)[C@]5(C)[C@H]4CC[C@]23C)C1. The fourth-order valence-electron chi connectivity index (χ4n) is 9.88. The Labute approximate surface area is 244 Å². The molecule has 226 valence electrons. The minimum absolute atomic E-state index is 0.00972. The Balaban J connectivity index is 1.40. The van der Waals surface area contributed by atoms with Crippen molar-refractivity contribution in [1.82, 2.24) is 0 Å². The van der Waals surface area contributed by atoms with E-state index in [9.17, 15) is 15.0 Å². The molecule has 6 heteroatoms. The van der Waals surface area contributed by atoms with Crippen molar-refractivity contribution >= 4 is 14.3 Å². The number of carbonyl (C=O) groups excluding carboxylic acids is 1. The Bertz CT molecular complexity index is 1070. The number of hydrogen-bond donors (Lipinski definition) is 2. The van der Waals surface area contributed by atoms with E-state index < -0.39 is 8.32 Å². The average Bonchev–Trinajstić information content (AvgIpc) is 3.20. The van der Waals surface area contributed by atoms with E-state index in [4.69, 9.17) is 9.16 Å². The van der Waals surface area contributed by atoms with Crippen LogP contribution >= 0.6 is 0 Å². The normalized spacial score (nSPS) is 42.9. The van der Waals surface area contributed by atoms with Gasteiger partial charge in [-0.15, -0.1) is 0 Å². The van der Waals surface area contributed by atoms with Crippen LogP contribution in [0.15, 0.2) is 22.8 Å². The van der Waals surface area contributed by atoms with Crippen LogP contribution in [0.2, 0.25) is 18.1 Å². The van der Waals surface area contributed by atoms with Gasteiger partial charge >= 0.3 is 5.97 Å². The lowest BCUT2D eigenvalue weighted by Crippen LogP contribution is -2.59. The second-order valence-corrected chi connectivity index (χ2v) is 21.0. The number of carbonyl (C=O) groups is 1. The number of esters is 1. The van der Waals surface area contributed by atoms with Crippen molar-refractivity contribution in [3.8, 4) is 0 Å². The van der Waals surface area contributed by atoms with Crippen LogP contribution in [0.25, 0.3) is 0 Å². The van der Waals surface area contributed by atoms with Gasteiger partial charge in [-0.25, -0.2) is 4.79 Å². The van der Waals surface area contributed by atoms with E-state index in [1.807, 2.05) is 6.92 Å². The molecule has 1 heterocycles. The molecule has 5 rings (SSSR count). The van der Waals surface area contributed by atoms with Gasteiger partial charge in [0.15, 0.2) is 8.32 Å². The molecule has 2 N–H and O–H groups in total. The topological polar surface area (TPSA) is 76.0 Å². The molecule has 5 nitrogen and oxygen atoms in total. The maximum Gasteiger partial charge on any atom is 0.336 e. The molecule has 0 aromatic heterocycles. The number of rotatable bonds is 5. The number of cyclic esters (lactones) is 1. The highest BCUT2D eigenvalue weighted by Gasteiger charge is 2.62. The largest absolute Gasteiger partial charge is 0.458 e. The molecule has 0 radical (unpaired) electrons. The van der Waals surface area contributed by atoms with Crippen LogP contribution < -0.4 is 0 Å². The summed E-state index contributed by atoms with van der Waals surface area (Å²) >= 11 is 0. The number of ether oxygens (including phenoxy) is 1. The van der Waals surface area contributed by atoms with Crippen LogP contribution in [0.3, 0.4) is 0 Å². The Morgan fingerprint density at radius 2 is 1.85 bits per heavy atom. The van der Waals surface area contributed by atoms with Crippen LogP contribution in [0.5, 0.6) is 0 Å². The van der Waals surface area contributed by atoms with E-state index >= 15 is 0 Å². The van der Waals surface area contributed by atoms with Gasteiger partial charge in [-0.3, -0.25) is 0 Å². The molecule has 3 saturated carbocycles. The monoisotopic (exact) mass is 572 g/mol. The molecule has 4 aliphatic carbocycles. The lowest BCUT2D eigenvalue weighted by molar-refractivity contribution is -0.152. The Hall–Kier alpha value is -0.953. The van der Waals surface area contributed by atoms with Gasteiger partial charge < -0.3 is 19.4 Å². The summed E-state index contributed by atoms with van der Waals surface area (Å²) in [4.78, 5) is 12.6. The molecular weight excluding hydrogens is 516 g/mol. The van der Waals surface area contributed by atoms with E-state index in [0.717, 1.165) is 31.3 Å². The highest BCUT2D eigenvalue weighted by Crippen LogP contribution is 2.68. The standard InChI is InChI=1S/C34H56O5Si/c1-20-16-29(38-31(37)25(20)19-35)21(2)26-12-13-27-24-11-10-22-17-23(36)18-30(39-40(8,9)32(3,4)5)34(22,7)28(24)14-15-33(26,27)6/h10,21,23-24,26-30,35-36H,11-19H2,1-9H3/t21-,23+,24-,26+,27-,28-,29+,30-,33+,34-/m0/s1. The van der Waals surface area contributed by atoms with E-state index in [2.05, 4.69) is 60.7 Å². The molecule has 5 aliphatic rings. The van der Waals surface area contributed by atoms with Crippen molar-refractivity contribution in [2.45, 2.75) is 136 Å². The Morgan fingerprint density at radius 1 is 1.15 bits per heavy atom. The first kappa shape index (κ1) is 30.5. The van der Waals surface area contributed by atoms with Crippen molar-refractivity contribution in [2.24, 2.45) is 40.4 Å². The number of aliphatic hydroxyl groups is 2. The van der Waals surface area contributed by atoms with Crippen molar-refractivity contribution in [1.29, 1.82) is 0 Å². The lowest BCUT2D eigenvalue weighted by Gasteiger charge is -2.61. The zero-order valence-corrected chi connectivity index (χ0v) is 27.7. The maximum absolute atomic E-state index is 12.6. The van der Waals surface area contributed by atoms with Crippen molar-refractivity contribution in [3.05, 3.63) is 22.8 Å². The summed E-state index contributed by atoms with van der Waals surface area (Å²) in [5.41, 5.74) is 3.13. The number of allylic oxidation sites excluding steroid dienone is 1. The van der Waals surface area contributed by atoms with Crippen LogP contribution in [0, 0.1) is 40.4 Å². The Kier molecular flexibility index (Phi) is 7.89. The molecule has 0 aromatic carbocycles. The van der Waals surface area contributed by atoms with E-state index in [-0.39, 0.29) is 46.8 Å². The van der Waals surface area contributed by atoms with Gasteiger partial charge in [-0.1, -0.05) is 58.8 Å². The van der Waals surface area contributed by atoms with Crippen LogP contribution in [-0.2, 0) is 14.0 Å². The molecule has 3 fully saturated rings. The minimum Gasteiger partial charge on any atom is -0.458 e. The maximum atomic E-state index is 12.6. The van der Waals surface area contributed by atoms with Crippen molar-refractivity contribution in [3.63, 3.8) is 0 Å². The van der Waals surface area contributed by atoms with Crippen molar-refractivity contribution in [2.75, 3.05) is 6.61 Å². The van der Waals surface area contributed by atoms with Crippen LogP contribution in [0.4, 0.5) is 0 Å². The fourth-order valence-corrected chi connectivity index (χ4v) is 11.3. The van der Waals surface area contributed by atoms with E-state index in [1.165, 1.54) is 31.3 Å². The number of hydrogen-bond acceptors (Lipinski definition) is 5. The van der Waals surface area contributed by atoms with Gasteiger partial charge in [0, 0.05) is 11.8 Å². The summed E-state index contributed by atoms with van der Waals surface area (Å²) in [6, 6.07) is 0. The highest BCUT2D eigenvalue weighted by atomic mass is 28.4. The zero-order chi connectivity index (χ0) is 29.4. The Morgan fingerprint density at radius 3 is 2.48 bits per heavy atom. The first-order valence-corrected chi connectivity index (χ1v) is 19.0. The molecule has 0 saturated heterocycles. The van der Waals surface area contributed by atoms with Gasteiger partial charge in [-0.05, 0) is 105 Å². The molecule has 10 atom stereocenters. The van der Waals surface area contributed by atoms with Gasteiger partial charge in [0.1, 0.15) is 6.10 Å². The zero-order valence-electron chi connectivity index (χ0n) is 26.7. The summed E-state index contributed by atoms with van der Waals surface area (Å²) in [5, 5.41) is 20.7. The second-order valence-electron chi connectivity index (χ2n) is 16.2. The fraction of sp³-hybridized carbons (Fsp3) is 0.853. The van der Waals surface area contributed by atoms with E-state index in [0.29, 0.717) is 35.2 Å². The molecule has 0 unspecified atom stereocenters. The molecule has 0 bridgehead atoms. The molecule has 40 heavy (non-hydrogen) atoms. The third-order valence-corrected chi connectivity index (χ3v) is 17.9. The van der Waals surface area contributed by atoms with E-state index in [1.54, 1.807) is 0 Å². The summed E-state index contributed by atoms with van der Waals surface area (Å²) in [7, 11) is -2.01. The summed E-state index contributed by atoms with van der Waals surface area (Å²) in [5.74, 6) is 2.41. The van der Waals surface area contributed by atoms with Gasteiger partial charge in [0.2, 0.25) is 0 Å². The average molecular weight is 573 g/mol. The number of aliphatic hydroxyl groups excluding tert-OH is 2. The smallest absolute Gasteiger partial charge is 0.336 e. The predicted molar refractivity (Wildman–Crippen MR) is 162 cm³/mol.